The molecule has 0 radical (unpaired) electrons. The highest BCUT2D eigenvalue weighted by Gasteiger charge is 2.10. The number of nitrogen functional groups attached to an aromatic ring is 1. The zero-order valence-electron chi connectivity index (χ0n) is 11.3. The number of hydrogen-bond donors (Lipinski definition) is 2. The van der Waals surface area contributed by atoms with Crippen LogP contribution in [0.5, 0.6) is 0 Å². The van der Waals surface area contributed by atoms with E-state index in [0.717, 1.165) is 34.3 Å². The summed E-state index contributed by atoms with van der Waals surface area (Å²) in [5, 5.41) is 9.77. The van der Waals surface area contributed by atoms with Gasteiger partial charge in [0, 0.05) is 29.8 Å². The van der Waals surface area contributed by atoms with Crippen LogP contribution in [0, 0.1) is 5.41 Å². The lowest BCUT2D eigenvalue weighted by atomic mass is 10.0. The largest absolute Gasteiger partial charge is 0.384 e. The fourth-order valence-electron chi connectivity index (χ4n) is 2.54. The van der Waals surface area contributed by atoms with Gasteiger partial charge < -0.3 is 10.3 Å². The van der Waals surface area contributed by atoms with Crippen molar-refractivity contribution < 1.29 is 0 Å². The number of aryl methyl sites for hydroxylation is 1. The maximum absolute atomic E-state index is 7.70. The minimum atomic E-state index is 0.0918. The molecule has 0 amide bonds. The Morgan fingerprint density at radius 2 is 1.95 bits per heavy atom. The number of imidazole rings is 1. The average Bonchev–Trinajstić information content (AvgIpc) is 2.94. The first-order chi connectivity index (χ1) is 9.72. The predicted octanol–water partition coefficient (Wildman–Crippen LogP) is 2.87. The maximum atomic E-state index is 7.70. The van der Waals surface area contributed by atoms with Gasteiger partial charge in [-0.15, -0.1) is 0 Å². The van der Waals surface area contributed by atoms with Crippen LogP contribution in [-0.4, -0.2) is 15.4 Å². The second-order valence-electron chi connectivity index (χ2n) is 4.66. The summed E-state index contributed by atoms with van der Waals surface area (Å²) in [7, 11) is 0. The molecule has 3 aromatic rings. The zero-order valence-corrected chi connectivity index (χ0v) is 11.3. The molecule has 20 heavy (non-hydrogen) atoms. The first-order valence-corrected chi connectivity index (χ1v) is 6.61. The molecule has 3 N–H and O–H groups in total. The van der Waals surface area contributed by atoms with Gasteiger partial charge in [0.15, 0.2) is 0 Å². The summed E-state index contributed by atoms with van der Waals surface area (Å²) in [5.41, 5.74) is 7.50. The van der Waals surface area contributed by atoms with Crippen molar-refractivity contribution in [2.45, 2.75) is 13.3 Å². The van der Waals surface area contributed by atoms with E-state index in [-0.39, 0.29) is 5.84 Å². The van der Waals surface area contributed by atoms with Crippen LogP contribution in [0.15, 0.2) is 48.8 Å². The summed E-state index contributed by atoms with van der Waals surface area (Å²) in [6, 6.07) is 11.9. The van der Waals surface area contributed by atoms with E-state index in [1.165, 1.54) is 0 Å². The van der Waals surface area contributed by atoms with Crippen LogP contribution in [0.2, 0.25) is 0 Å². The third-order valence-corrected chi connectivity index (χ3v) is 3.48. The van der Waals surface area contributed by atoms with Crippen LogP contribution in [0.25, 0.3) is 16.5 Å². The van der Waals surface area contributed by atoms with Gasteiger partial charge in [0.25, 0.3) is 0 Å². The van der Waals surface area contributed by atoms with Crippen molar-refractivity contribution in [1.29, 1.82) is 5.41 Å². The minimum Gasteiger partial charge on any atom is -0.384 e. The van der Waals surface area contributed by atoms with Crippen molar-refractivity contribution in [2.24, 2.45) is 5.73 Å². The monoisotopic (exact) mass is 264 g/mol. The van der Waals surface area contributed by atoms with E-state index in [1.54, 1.807) is 0 Å². The molecule has 1 heterocycles. The fourth-order valence-corrected chi connectivity index (χ4v) is 2.54. The highest BCUT2D eigenvalue weighted by Crippen LogP contribution is 2.26. The second kappa shape index (κ2) is 4.81. The summed E-state index contributed by atoms with van der Waals surface area (Å²) in [4.78, 5) is 4.37. The molecule has 0 aliphatic carbocycles. The molecule has 0 saturated heterocycles. The molecular weight excluding hydrogens is 248 g/mol. The van der Waals surface area contributed by atoms with Crippen LogP contribution >= 0.6 is 0 Å². The normalized spacial score (nSPS) is 10.8. The lowest BCUT2D eigenvalue weighted by Crippen LogP contribution is -2.12. The van der Waals surface area contributed by atoms with Crippen molar-refractivity contribution in [3.8, 4) is 5.69 Å². The number of rotatable bonds is 3. The van der Waals surface area contributed by atoms with Crippen LogP contribution in [-0.2, 0) is 6.42 Å². The van der Waals surface area contributed by atoms with Crippen LogP contribution < -0.4 is 5.73 Å². The third kappa shape index (κ3) is 1.86. The van der Waals surface area contributed by atoms with E-state index in [4.69, 9.17) is 11.1 Å². The minimum absolute atomic E-state index is 0.0918. The van der Waals surface area contributed by atoms with Gasteiger partial charge in [-0.25, -0.2) is 4.98 Å². The quantitative estimate of drug-likeness (QED) is 0.564. The lowest BCUT2D eigenvalue weighted by molar-refractivity contribution is 0.896. The van der Waals surface area contributed by atoms with Crippen LogP contribution in [0.1, 0.15) is 18.3 Å². The number of benzene rings is 2. The van der Waals surface area contributed by atoms with Gasteiger partial charge in [0.05, 0.1) is 5.69 Å². The molecule has 0 fully saturated rings. The Morgan fingerprint density at radius 3 is 2.65 bits per heavy atom. The van der Waals surface area contributed by atoms with E-state index in [9.17, 15) is 0 Å². The number of aromatic nitrogens is 2. The molecule has 1 aromatic heterocycles. The topological polar surface area (TPSA) is 67.7 Å². The summed E-state index contributed by atoms with van der Waals surface area (Å²) >= 11 is 0. The van der Waals surface area contributed by atoms with Gasteiger partial charge in [0.1, 0.15) is 11.7 Å². The highest BCUT2D eigenvalue weighted by atomic mass is 15.1. The Morgan fingerprint density at radius 1 is 1.20 bits per heavy atom. The number of nitrogens with two attached hydrogens (primary N) is 1. The second-order valence-corrected chi connectivity index (χ2v) is 4.66. The van der Waals surface area contributed by atoms with Crippen molar-refractivity contribution in [1.82, 2.24) is 9.55 Å². The van der Waals surface area contributed by atoms with Crippen molar-refractivity contribution in [3.63, 3.8) is 0 Å². The molecule has 0 aliphatic heterocycles. The molecule has 0 bridgehead atoms. The smallest absolute Gasteiger partial charge is 0.123 e. The van der Waals surface area contributed by atoms with E-state index in [2.05, 4.69) is 22.5 Å². The van der Waals surface area contributed by atoms with E-state index < -0.39 is 0 Å². The van der Waals surface area contributed by atoms with Gasteiger partial charge >= 0.3 is 0 Å². The van der Waals surface area contributed by atoms with Crippen molar-refractivity contribution in [3.05, 3.63) is 60.2 Å². The summed E-state index contributed by atoms with van der Waals surface area (Å²) in [6.45, 7) is 2.09. The molecule has 0 saturated carbocycles. The summed E-state index contributed by atoms with van der Waals surface area (Å²) in [6.07, 6.45) is 4.65. The lowest BCUT2D eigenvalue weighted by Gasteiger charge is -2.13. The molecule has 0 aliphatic rings. The third-order valence-electron chi connectivity index (χ3n) is 3.48. The number of nitrogens with zero attached hydrogens (tertiary/aromatic N) is 2. The Balaban J connectivity index is 2.34. The molecule has 3 rings (SSSR count). The Kier molecular flexibility index (Phi) is 2.99. The number of fused-ring (bicyclic) bond motifs is 1. The molecule has 0 atom stereocenters. The van der Waals surface area contributed by atoms with Crippen LogP contribution in [0.4, 0.5) is 0 Å². The SMILES string of the molecule is CCc1nccn1-c1ccc(C(=N)N)c2ccccc12. The standard InChI is InChI=1S/C16H16N4/c1-2-15-19-9-10-20(15)14-8-7-13(16(17)18)11-5-3-4-6-12(11)14/h3-10H,2H2,1H3,(H3,17,18). The Bertz CT molecular complexity index is 786. The number of nitrogens with one attached hydrogen (secondary N) is 1. The van der Waals surface area contributed by atoms with E-state index >= 15 is 0 Å². The molecule has 4 nitrogen and oxygen atoms in total. The fraction of sp³-hybridized carbons (Fsp3) is 0.125. The van der Waals surface area contributed by atoms with Gasteiger partial charge in [0.2, 0.25) is 0 Å². The molecule has 4 heteroatoms. The predicted molar refractivity (Wildman–Crippen MR) is 81.5 cm³/mol. The number of amidine groups is 1. The molecule has 0 unspecified atom stereocenters. The first-order valence-electron chi connectivity index (χ1n) is 6.61. The van der Waals surface area contributed by atoms with E-state index in [1.807, 2.05) is 42.7 Å². The van der Waals surface area contributed by atoms with E-state index in [0.29, 0.717) is 0 Å². The van der Waals surface area contributed by atoms with Crippen molar-refractivity contribution in [2.75, 3.05) is 0 Å². The average molecular weight is 264 g/mol. The molecule has 0 spiro atoms. The zero-order chi connectivity index (χ0) is 14.1. The van der Waals surface area contributed by atoms with Crippen molar-refractivity contribution >= 4 is 16.6 Å². The van der Waals surface area contributed by atoms with Gasteiger partial charge in [-0.05, 0) is 17.5 Å². The molecule has 2 aromatic carbocycles. The maximum Gasteiger partial charge on any atom is 0.123 e. The number of hydrogen-bond acceptors (Lipinski definition) is 2. The molecule has 100 valence electrons. The summed E-state index contributed by atoms with van der Waals surface area (Å²) in [5.74, 6) is 1.11. The summed E-state index contributed by atoms with van der Waals surface area (Å²) < 4.78 is 2.09. The van der Waals surface area contributed by atoms with Crippen LogP contribution in [0.3, 0.4) is 0 Å². The Labute approximate surface area is 117 Å². The highest BCUT2D eigenvalue weighted by molar-refractivity contribution is 6.09. The Hall–Kier alpha value is -2.62. The van der Waals surface area contributed by atoms with Gasteiger partial charge in [-0.2, -0.15) is 0 Å². The molecular formula is C16H16N4. The first kappa shape index (κ1) is 12.4. The van der Waals surface area contributed by atoms with Gasteiger partial charge in [-0.1, -0.05) is 31.2 Å². The van der Waals surface area contributed by atoms with Gasteiger partial charge in [-0.3, -0.25) is 5.41 Å².